The summed E-state index contributed by atoms with van der Waals surface area (Å²) in [5.41, 5.74) is 12.0. The minimum Gasteiger partial charge on any atom is -0.411 e. The standard InChI is InChI=1S/C27H21N5O2/c1-17-13-14-30-26(22-7-4-8-24(29)23(22)16-31-34)25(17)27(33)32-20-11-9-18(10-12-20)21-6-3-2-5-19(21)15-28/h2-14,16,34H,29H2,1H3,(H,32,33). The highest BCUT2D eigenvalue weighted by atomic mass is 16.4. The molecule has 0 fully saturated rings. The highest BCUT2D eigenvalue weighted by Crippen LogP contribution is 2.30. The smallest absolute Gasteiger partial charge is 0.258 e. The van der Waals surface area contributed by atoms with Crippen molar-refractivity contribution in [2.45, 2.75) is 6.92 Å². The van der Waals surface area contributed by atoms with E-state index in [4.69, 9.17) is 10.9 Å². The van der Waals surface area contributed by atoms with E-state index in [1.807, 2.05) is 37.3 Å². The summed E-state index contributed by atoms with van der Waals surface area (Å²) < 4.78 is 0. The molecule has 0 spiro atoms. The predicted molar refractivity (Wildman–Crippen MR) is 133 cm³/mol. The molecule has 0 aliphatic heterocycles. The summed E-state index contributed by atoms with van der Waals surface area (Å²) in [6.07, 6.45) is 2.85. The Hall–Kier alpha value is -4.96. The van der Waals surface area contributed by atoms with Crippen molar-refractivity contribution in [3.8, 4) is 28.5 Å². The average molecular weight is 447 g/mol. The average Bonchev–Trinajstić information content (AvgIpc) is 2.85. The Morgan fingerprint density at radius 1 is 1.06 bits per heavy atom. The van der Waals surface area contributed by atoms with E-state index in [2.05, 4.69) is 21.5 Å². The van der Waals surface area contributed by atoms with Gasteiger partial charge in [0.1, 0.15) is 0 Å². The minimum absolute atomic E-state index is 0.333. The number of rotatable bonds is 5. The lowest BCUT2D eigenvalue weighted by Gasteiger charge is -2.15. The fourth-order valence-electron chi connectivity index (χ4n) is 3.80. The first-order valence-corrected chi connectivity index (χ1v) is 10.5. The third kappa shape index (κ3) is 4.33. The SMILES string of the molecule is Cc1ccnc(-c2cccc(N)c2C=NO)c1C(=O)Nc1ccc(-c2ccccc2C#N)cc1. The minimum atomic E-state index is -0.333. The van der Waals surface area contributed by atoms with Gasteiger partial charge in [-0.05, 0) is 53.9 Å². The Balaban J connectivity index is 1.68. The van der Waals surface area contributed by atoms with E-state index in [9.17, 15) is 10.1 Å². The number of carbonyl (C=O) groups excluding carboxylic acids is 1. The quantitative estimate of drug-likeness (QED) is 0.167. The van der Waals surface area contributed by atoms with E-state index in [-0.39, 0.29) is 5.91 Å². The van der Waals surface area contributed by atoms with Crippen molar-refractivity contribution in [1.82, 2.24) is 4.98 Å². The van der Waals surface area contributed by atoms with E-state index in [0.29, 0.717) is 39.3 Å². The van der Waals surface area contributed by atoms with Gasteiger partial charge in [-0.2, -0.15) is 5.26 Å². The number of nitriles is 1. The van der Waals surface area contributed by atoms with Crippen LogP contribution in [0.25, 0.3) is 22.4 Å². The van der Waals surface area contributed by atoms with Crippen LogP contribution in [0.5, 0.6) is 0 Å². The van der Waals surface area contributed by atoms with Crippen LogP contribution in [0.15, 0.2) is 84.1 Å². The molecule has 166 valence electrons. The third-order valence-electron chi connectivity index (χ3n) is 5.47. The first-order chi connectivity index (χ1) is 16.5. The second kappa shape index (κ2) is 9.67. The van der Waals surface area contributed by atoms with E-state index in [1.165, 1.54) is 6.21 Å². The maximum atomic E-state index is 13.3. The van der Waals surface area contributed by atoms with Crippen LogP contribution in [0.4, 0.5) is 11.4 Å². The fourth-order valence-corrected chi connectivity index (χ4v) is 3.80. The molecule has 7 nitrogen and oxygen atoms in total. The molecule has 1 aromatic heterocycles. The van der Waals surface area contributed by atoms with Gasteiger partial charge < -0.3 is 16.3 Å². The Bertz CT molecular complexity index is 1440. The molecule has 0 radical (unpaired) electrons. The van der Waals surface area contributed by atoms with Crippen LogP contribution in [0, 0.1) is 18.3 Å². The summed E-state index contributed by atoms with van der Waals surface area (Å²) in [6, 6.07) is 23.8. The van der Waals surface area contributed by atoms with E-state index in [1.54, 1.807) is 48.7 Å². The first-order valence-electron chi connectivity index (χ1n) is 10.5. The maximum absolute atomic E-state index is 13.3. The van der Waals surface area contributed by atoms with Crippen LogP contribution < -0.4 is 11.1 Å². The van der Waals surface area contributed by atoms with E-state index in [0.717, 1.165) is 16.7 Å². The predicted octanol–water partition coefficient (Wildman–Crippen LogP) is 5.24. The summed E-state index contributed by atoms with van der Waals surface area (Å²) in [5.74, 6) is -0.333. The van der Waals surface area contributed by atoms with Gasteiger partial charge in [0.15, 0.2) is 0 Å². The molecule has 0 atom stereocenters. The van der Waals surface area contributed by atoms with Crippen LogP contribution >= 0.6 is 0 Å². The summed E-state index contributed by atoms with van der Waals surface area (Å²) in [5, 5.41) is 24.5. The Morgan fingerprint density at radius 3 is 2.53 bits per heavy atom. The Labute approximate surface area is 196 Å². The molecule has 0 saturated heterocycles. The molecule has 0 saturated carbocycles. The topological polar surface area (TPSA) is 124 Å². The van der Waals surface area contributed by atoms with Gasteiger partial charge in [-0.1, -0.05) is 47.6 Å². The van der Waals surface area contributed by atoms with Gasteiger partial charge in [0.2, 0.25) is 0 Å². The summed E-state index contributed by atoms with van der Waals surface area (Å²) in [6.45, 7) is 1.83. The summed E-state index contributed by atoms with van der Waals surface area (Å²) in [7, 11) is 0. The molecule has 7 heteroatoms. The number of anilines is 2. The zero-order valence-corrected chi connectivity index (χ0v) is 18.4. The van der Waals surface area contributed by atoms with Crippen LogP contribution in [0.2, 0.25) is 0 Å². The number of nitrogens with two attached hydrogens (primary N) is 1. The molecule has 1 heterocycles. The van der Waals surface area contributed by atoms with E-state index >= 15 is 0 Å². The van der Waals surface area contributed by atoms with Gasteiger partial charge in [0.25, 0.3) is 5.91 Å². The lowest BCUT2D eigenvalue weighted by atomic mass is 9.96. The van der Waals surface area contributed by atoms with Gasteiger partial charge in [0, 0.05) is 28.7 Å². The number of nitrogen functional groups attached to an aromatic ring is 1. The number of hydrogen-bond donors (Lipinski definition) is 3. The van der Waals surface area contributed by atoms with Crippen LogP contribution in [0.3, 0.4) is 0 Å². The molecule has 0 bridgehead atoms. The zero-order valence-electron chi connectivity index (χ0n) is 18.4. The van der Waals surface area contributed by atoms with Crippen LogP contribution in [-0.2, 0) is 0 Å². The first kappa shape index (κ1) is 22.2. The number of aryl methyl sites for hydroxylation is 1. The molecule has 0 aliphatic carbocycles. The number of oxime groups is 1. The zero-order chi connectivity index (χ0) is 24.1. The number of aromatic nitrogens is 1. The molecule has 1 amide bonds. The number of amides is 1. The number of nitrogens with one attached hydrogen (secondary N) is 1. The van der Waals surface area contributed by atoms with Gasteiger partial charge in [-0.25, -0.2) is 0 Å². The molecular weight excluding hydrogens is 426 g/mol. The normalized spacial score (nSPS) is 10.7. The highest BCUT2D eigenvalue weighted by Gasteiger charge is 2.20. The monoisotopic (exact) mass is 447 g/mol. The fraction of sp³-hybridized carbons (Fsp3) is 0.0370. The lowest BCUT2D eigenvalue weighted by Crippen LogP contribution is -2.16. The Kier molecular flexibility index (Phi) is 6.33. The van der Waals surface area contributed by atoms with Gasteiger partial charge in [-0.15, -0.1) is 0 Å². The number of nitrogens with zero attached hydrogens (tertiary/aromatic N) is 3. The number of benzene rings is 3. The molecule has 0 unspecified atom stereocenters. The number of carbonyl (C=O) groups is 1. The molecule has 3 aromatic carbocycles. The molecule has 34 heavy (non-hydrogen) atoms. The summed E-state index contributed by atoms with van der Waals surface area (Å²) >= 11 is 0. The lowest BCUT2D eigenvalue weighted by molar-refractivity contribution is 0.102. The van der Waals surface area contributed by atoms with E-state index < -0.39 is 0 Å². The number of pyridine rings is 1. The molecule has 4 rings (SSSR count). The third-order valence-corrected chi connectivity index (χ3v) is 5.47. The molecule has 4 N–H and O–H groups in total. The van der Waals surface area contributed by atoms with Crippen molar-refractivity contribution < 1.29 is 10.0 Å². The number of hydrogen-bond acceptors (Lipinski definition) is 6. The second-order valence-electron chi connectivity index (χ2n) is 7.59. The van der Waals surface area contributed by atoms with Crippen molar-refractivity contribution in [3.63, 3.8) is 0 Å². The van der Waals surface area contributed by atoms with Gasteiger partial charge in [0.05, 0.1) is 29.1 Å². The molecule has 0 aliphatic rings. The van der Waals surface area contributed by atoms with Crippen molar-refractivity contribution in [3.05, 3.63) is 101 Å². The van der Waals surface area contributed by atoms with Crippen molar-refractivity contribution in [2.24, 2.45) is 5.16 Å². The van der Waals surface area contributed by atoms with Crippen molar-refractivity contribution in [2.75, 3.05) is 11.1 Å². The molecule has 4 aromatic rings. The largest absolute Gasteiger partial charge is 0.411 e. The van der Waals surface area contributed by atoms with Crippen molar-refractivity contribution in [1.29, 1.82) is 5.26 Å². The highest BCUT2D eigenvalue weighted by molar-refractivity contribution is 6.10. The van der Waals surface area contributed by atoms with Crippen molar-refractivity contribution >= 4 is 23.5 Å². The van der Waals surface area contributed by atoms with Crippen LogP contribution in [-0.4, -0.2) is 22.3 Å². The van der Waals surface area contributed by atoms with Gasteiger partial charge in [-0.3, -0.25) is 9.78 Å². The summed E-state index contributed by atoms with van der Waals surface area (Å²) in [4.78, 5) is 17.8. The van der Waals surface area contributed by atoms with Gasteiger partial charge >= 0.3 is 0 Å². The Morgan fingerprint density at radius 2 is 1.79 bits per heavy atom. The second-order valence-corrected chi connectivity index (χ2v) is 7.59. The maximum Gasteiger partial charge on any atom is 0.258 e. The van der Waals surface area contributed by atoms with Crippen LogP contribution in [0.1, 0.15) is 27.0 Å². The molecular formula is C27H21N5O2.